The molecule has 12 heavy (non-hydrogen) atoms. The lowest BCUT2D eigenvalue weighted by atomic mass is 9.51. The lowest BCUT2D eigenvalue weighted by molar-refractivity contribution is -0.126. The van der Waals surface area contributed by atoms with E-state index in [9.17, 15) is 4.79 Å². The van der Waals surface area contributed by atoms with Gasteiger partial charge in [-0.3, -0.25) is 0 Å². The molecule has 66 valence electrons. The van der Waals surface area contributed by atoms with Gasteiger partial charge in [-0.25, -0.2) is 0 Å². The Morgan fingerprint density at radius 3 is 2.75 bits per heavy atom. The van der Waals surface area contributed by atoms with Crippen LogP contribution in [0.25, 0.3) is 0 Å². The van der Waals surface area contributed by atoms with E-state index in [2.05, 4.69) is 0 Å². The number of carbonyl (C=O) groups excluding carboxylic acids is 1. The summed E-state index contributed by atoms with van der Waals surface area (Å²) in [5, 5.41) is 0. The molecule has 2 bridgehead atoms. The highest BCUT2D eigenvalue weighted by molar-refractivity contribution is 5.76. The van der Waals surface area contributed by atoms with E-state index in [1.165, 1.54) is 25.7 Å². The third-order valence-electron chi connectivity index (χ3n) is 4.54. The SMILES string of the molecule is CC(=O)CC12CC3CC(C1)C2C3. The van der Waals surface area contributed by atoms with Crippen LogP contribution in [0.3, 0.4) is 0 Å². The number of rotatable bonds is 2. The van der Waals surface area contributed by atoms with E-state index < -0.39 is 0 Å². The first-order chi connectivity index (χ1) is 5.70. The second-order valence-corrected chi connectivity index (χ2v) is 5.35. The molecule has 3 aliphatic rings. The fraction of sp³-hybridized carbons (Fsp3) is 0.909. The second-order valence-electron chi connectivity index (χ2n) is 5.35. The Morgan fingerprint density at radius 2 is 2.25 bits per heavy atom. The molecule has 0 aromatic carbocycles. The third-order valence-corrected chi connectivity index (χ3v) is 4.54. The van der Waals surface area contributed by atoms with E-state index in [1.54, 1.807) is 6.92 Å². The van der Waals surface area contributed by atoms with Crippen LogP contribution in [-0.2, 0) is 4.79 Å². The van der Waals surface area contributed by atoms with E-state index in [-0.39, 0.29) is 0 Å². The molecule has 0 saturated heterocycles. The molecular formula is C11H16O. The maximum Gasteiger partial charge on any atom is 0.130 e. The van der Waals surface area contributed by atoms with Gasteiger partial charge in [-0.15, -0.1) is 0 Å². The van der Waals surface area contributed by atoms with Crippen LogP contribution >= 0.6 is 0 Å². The van der Waals surface area contributed by atoms with Gasteiger partial charge in [0.25, 0.3) is 0 Å². The highest BCUT2D eigenvalue weighted by Crippen LogP contribution is 2.72. The summed E-state index contributed by atoms with van der Waals surface area (Å²) in [6, 6.07) is 0. The number of hydrogen-bond acceptors (Lipinski definition) is 1. The number of hydrogen-bond donors (Lipinski definition) is 0. The van der Waals surface area contributed by atoms with Gasteiger partial charge >= 0.3 is 0 Å². The maximum absolute atomic E-state index is 11.1. The van der Waals surface area contributed by atoms with Crippen LogP contribution < -0.4 is 0 Å². The minimum Gasteiger partial charge on any atom is -0.300 e. The molecule has 0 radical (unpaired) electrons. The molecule has 0 aromatic heterocycles. The molecule has 4 atom stereocenters. The summed E-state index contributed by atoms with van der Waals surface area (Å²) in [6.45, 7) is 1.76. The first-order valence-electron chi connectivity index (χ1n) is 5.19. The summed E-state index contributed by atoms with van der Waals surface area (Å²) in [4.78, 5) is 11.1. The van der Waals surface area contributed by atoms with Crippen LogP contribution in [0.2, 0.25) is 0 Å². The molecule has 0 heterocycles. The largest absolute Gasteiger partial charge is 0.300 e. The van der Waals surface area contributed by atoms with Gasteiger partial charge in [0.1, 0.15) is 5.78 Å². The van der Waals surface area contributed by atoms with Gasteiger partial charge in [-0.1, -0.05) is 0 Å². The number of ketones is 1. The smallest absolute Gasteiger partial charge is 0.130 e. The van der Waals surface area contributed by atoms with Crippen LogP contribution in [0.15, 0.2) is 0 Å². The molecule has 0 amide bonds. The van der Waals surface area contributed by atoms with E-state index in [1.807, 2.05) is 0 Å². The van der Waals surface area contributed by atoms with Crippen molar-refractivity contribution in [3.8, 4) is 0 Å². The molecule has 0 aliphatic heterocycles. The highest BCUT2D eigenvalue weighted by Gasteiger charge is 2.63. The van der Waals surface area contributed by atoms with Gasteiger partial charge in [-0.2, -0.15) is 0 Å². The van der Waals surface area contributed by atoms with Crippen LogP contribution in [-0.4, -0.2) is 5.78 Å². The Kier molecular flexibility index (Phi) is 1.15. The molecule has 0 spiro atoms. The first kappa shape index (κ1) is 7.11. The van der Waals surface area contributed by atoms with Crippen molar-refractivity contribution in [2.24, 2.45) is 23.2 Å². The Labute approximate surface area is 73.5 Å². The van der Waals surface area contributed by atoms with E-state index >= 15 is 0 Å². The van der Waals surface area contributed by atoms with Gasteiger partial charge in [0, 0.05) is 6.42 Å². The molecule has 0 N–H and O–H groups in total. The molecule has 3 fully saturated rings. The molecule has 3 rings (SSSR count). The van der Waals surface area contributed by atoms with Crippen molar-refractivity contribution >= 4 is 5.78 Å². The third kappa shape index (κ3) is 0.681. The summed E-state index contributed by atoms with van der Waals surface area (Å²) in [7, 11) is 0. The molecule has 1 heteroatoms. The zero-order valence-electron chi connectivity index (χ0n) is 7.68. The summed E-state index contributed by atoms with van der Waals surface area (Å²) in [5.74, 6) is 3.42. The molecule has 4 unspecified atom stereocenters. The quantitative estimate of drug-likeness (QED) is 0.612. The van der Waals surface area contributed by atoms with Gasteiger partial charge in [0.2, 0.25) is 0 Å². The van der Waals surface area contributed by atoms with Gasteiger partial charge in [0.15, 0.2) is 0 Å². The zero-order chi connectivity index (χ0) is 8.34. The standard InChI is InChI=1S/C11H16O/c1-7(12)4-11-5-8-2-9(6-11)10(11)3-8/h8-10H,2-6H2,1H3. The average molecular weight is 164 g/mol. The monoisotopic (exact) mass is 164 g/mol. The summed E-state index contributed by atoms with van der Waals surface area (Å²) in [5.41, 5.74) is 0.527. The zero-order valence-corrected chi connectivity index (χ0v) is 7.68. The van der Waals surface area contributed by atoms with Crippen LogP contribution in [0, 0.1) is 23.2 Å². The van der Waals surface area contributed by atoms with Gasteiger partial charge < -0.3 is 4.79 Å². The lowest BCUT2D eigenvalue weighted by Crippen LogP contribution is -2.46. The number of fused-ring (bicyclic) bond motifs is 1. The Hall–Kier alpha value is -0.330. The van der Waals surface area contributed by atoms with Gasteiger partial charge in [0.05, 0.1) is 0 Å². The summed E-state index contributed by atoms with van der Waals surface area (Å²) in [6.07, 6.45) is 6.61. The van der Waals surface area contributed by atoms with Crippen LogP contribution in [0.5, 0.6) is 0 Å². The van der Waals surface area contributed by atoms with Crippen molar-refractivity contribution in [2.75, 3.05) is 0 Å². The second kappa shape index (κ2) is 1.94. The highest BCUT2D eigenvalue weighted by atomic mass is 16.1. The molecule has 1 nitrogen and oxygen atoms in total. The normalized spacial score (nSPS) is 53.9. The topological polar surface area (TPSA) is 17.1 Å². The van der Waals surface area contributed by atoms with Crippen molar-refractivity contribution in [3.63, 3.8) is 0 Å². The van der Waals surface area contributed by atoms with Crippen molar-refractivity contribution in [1.82, 2.24) is 0 Å². The lowest BCUT2D eigenvalue weighted by Gasteiger charge is -2.53. The Morgan fingerprint density at radius 1 is 1.42 bits per heavy atom. The predicted octanol–water partition coefficient (Wildman–Crippen LogP) is 2.40. The van der Waals surface area contributed by atoms with Crippen molar-refractivity contribution in [2.45, 2.75) is 39.0 Å². The first-order valence-corrected chi connectivity index (χ1v) is 5.19. The number of Topliss-reactive ketones (excluding diaryl/α,β-unsaturated/α-hetero) is 1. The van der Waals surface area contributed by atoms with Crippen LogP contribution in [0.4, 0.5) is 0 Å². The van der Waals surface area contributed by atoms with E-state index in [4.69, 9.17) is 0 Å². The summed E-state index contributed by atoms with van der Waals surface area (Å²) >= 11 is 0. The van der Waals surface area contributed by atoms with E-state index in [0.29, 0.717) is 11.2 Å². The predicted molar refractivity (Wildman–Crippen MR) is 46.7 cm³/mol. The van der Waals surface area contributed by atoms with Crippen LogP contribution in [0.1, 0.15) is 39.0 Å². The van der Waals surface area contributed by atoms with Crippen molar-refractivity contribution in [3.05, 3.63) is 0 Å². The Bertz CT molecular complexity index is 245. The van der Waals surface area contributed by atoms with E-state index in [0.717, 1.165) is 24.2 Å². The Balaban J connectivity index is 1.83. The van der Waals surface area contributed by atoms with Crippen molar-refractivity contribution in [1.29, 1.82) is 0 Å². The summed E-state index contributed by atoms with van der Waals surface area (Å²) < 4.78 is 0. The molecule has 3 aliphatic carbocycles. The minimum absolute atomic E-state index is 0.418. The number of carbonyl (C=O) groups is 1. The fourth-order valence-corrected chi connectivity index (χ4v) is 4.48. The van der Waals surface area contributed by atoms with Gasteiger partial charge in [-0.05, 0) is 55.8 Å². The maximum atomic E-state index is 11.1. The molecule has 0 aromatic rings. The molecular weight excluding hydrogens is 148 g/mol. The minimum atomic E-state index is 0.418. The average Bonchev–Trinajstić information content (AvgIpc) is 2.39. The fourth-order valence-electron chi connectivity index (χ4n) is 4.48. The van der Waals surface area contributed by atoms with Crippen molar-refractivity contribution < 1.29 is 4.79 Å². The molecule has 3 saturated carbocycles.